The number of ether oxygens (including phenoxy) is 1. The van der Waals surface area contributed by atoms with Crippen LogP contribution in [0.2, 0.25) is 0 Å². The molecule has 0 radical (unpaired) electrons. The van der Waals surface area contributed by atoms with E-state index in [0.717, 1.165) is 24.2 Å². The molecule has 0 unspecified atom stereocenters. The van der Waals surface area contributed by atoms with E-state index in [1.54, 1.807) is 24.3 Å². The lowest BCUT2D eigenvalue weighted by Gasteiger charge is -2.31. The summed E-state index contributed by atoms with van der Waals surface area (Å²) in [5.74, 6) is 4.90. The molecule has 28 heavy (non-hydrogen) atoms. The van der Waals surface area contributed by atoms with Gasteiger partial charge >= 0.3 is 0 Å². The third-order valence-electron chi connectivity index (χ3n) is 5.11. The van der Waals surface area contributed by atoms with Crippen LogP contribution in [0.5, 0.6) is 0 Å². The monoisotopic (exact) mass is 402 g/mol. The molecule has 2 aliphatic heterocycles. The minimum Gasteiger partial charge on any atom is -0.384 e. The van der Waals surface area contributed by atoms with Crippen molar-refractivity contribution in [2.45, 2.75) is 11.3 Å². The lowest BCUT2D eigenvalue weighted by atomic mass is 9.98. The quantitative estimate of drug-likeness (QED) is 0.386. The van der Waals surface area contributed by atoms with Gasteiger partial charge in [-0.05, 0) is 30.2 Å². The molecule has 0 atom stereocenters. The van der Waals surface area contributed by atoms with Crippen LogP contribution in [0.25, 0.3) is 0 Å². The van der Waals surface area contributed by atoms with Crippen molar-refractivity contribution in [1.29, 1.82) is 0 Å². The fourth-order valence-corrected chi connectivity index (χ4v) is 4.53. The van der Waals surface area contributed by atoms with Crippen LogP contribution in [0.3, 0.4) is 0 Å². The van der Waals surface area contributed by atoms with E-state index < -0.39 is 10.0 Å². The molecule has 2 aromatic rings. The number of hydrogen-bond acceptors (Lipinski definition) is 7. The predicted octanol–water partition coefficient (Wildman–Crippen LogP) is 0.874. The first-order valence-corrected chi connectivity index (χ1v) is 10.6. The number of benzene rings is 2. The van der Waals surface area contributed by atoms with E-state index in [9.17, 15) is 13.2 Å². The van der Waals surface area contributed by atoms with Gasteiger partial charge in [-0.2, -0.15) is 4.83 Å². The molecule has 0 amide bonds. The molecule has 0 spiro atoms. The van der Waals surface area contributed by atoms with Crippen LogP contribution < -0.4 is 20.9 Å². The second kappa shape index (κ2) is 7.51. The number of carbonyl (C=O) groups is 1. The number of anilines is 2. The minimum absolute atomic E-state index is 0.125. The summed E-state index contributed by atoms with van der Waals surface area (Å²) in [6, 6.07) is 10.2. The van der Waals surface area contributed by atoms with Crippen LogP contribution in [0.4, 0.5) is 11.4 Å². The maximum Gasteiger partial charge on any atom is 0.253 e. The van der Waals surface area contributed by atoms with Gasteiger partial charge in [-0.15, -0.1) is 0 Å². The average Bonchev–Trinajstić information content (AvgIpc) is 3.21. The largest absolute Gasteiger partial charge is 0.384 e. The molecule has 4 N–H and O–H groups in total. The van der Waals surface area contributed by atoms with E-state index in [0.29, 0.717) is 37.6 Å². The second-order valence-corrected chi connectivity index (χ2v) is 8.43. The van der Waals surface area contributed by atoms with Crippen LogP contribution in [-0.4, -0.2) is 47.0 Å². The Kier molecular flexibility index (Phi) is 5.07. The summed E-state index contributed by atoms with van der Waals surface area (Å²) in [4.78, 5) is 17.2. The summed E-state index contributed by atoms with van der Waals surface area (Å²) >= 11 is 0. The maximum atomic E-state index is 13.5. The SMILES string of the molecule is NNS(=O)(=O)c1cccc(N2CCOCC2)c1C(=O)c1ccc2c(c1)NCC2. The molecule has 2 aliphatic rings. The molecule has 2 aromatic carbocycles. The molecule has 1 saturated heterocycles. The average molecular weight is 402 g/mol. The maximum absolute atomic E-state index is 13.5. The van der Waals surface area contributed by atoms with Gasteiger partial charge in [0.15, 0.2) is 5.78 Å². The van der Waals surface area contributed by atoms with Crippen molar-refractivity contribution in [2.75, 3.05) is 43.1 Å². The third-order valence-corrected chi connectivity index (χ3v) is 6.34. The normalized spacial score (nSPS) is 16.5. The molecule has 4 rings (SSSR count). The summed E-state index contributed by atoms with van der Waals surface area (Å²) in [6.07, 6.45) is 0.908. The first-order chi connectivity index (χ1) is 13.5. The highest BCUT2D eigenvalue weighted by molar-refractivity contribution is 7.89. The number of fused-ring (bicyclic) bond motifs is 1. The third kappa shape index (κ3) is 3.37. The van der Waals surface area contributed by atoms with Crippen molar-refractivity contribution in [3.63, 3.8) is 0 Å². The lowest BCUT2D eigenvalue weighted by molar-refractivity contribution is 0.103. The fourth-order valence-electron chi connectivity index (χ4n) is 3.68. The fraction of sp³-hybridized carbons (Fsp3) is 0.316. The highest BCUT2D eigenvalue weighted by Gasteiger charge is 2.28. The Labute approximate surface area is 163 Å². The van der Waals surface area contributed by atoms with Gasteiger partial charge in [0.25, 0.3) is 10.0 Å². The van der Waals surface area contributed by atoms with Gasteiger partial charge in [0, 0.05) is 36.6 Å². The van der Waals surface area contributed by atoms with Gasteiger partial charge in [-0.25, -0.2) is 8.42 Å². The van der Waals surface area contributed by atoms with Gasteiger partial charge in [-0.1, -0.05) is 18.2 Å². The molecular formula is C19H22N4O4S. The summed E-state index contributed by atoms with van der Waals surface area (Å²) in [6.45, 7) is 3.01. The Morgan fingerprint density at radius 2 is 1.96 bits per heavy atom. The summed E-state index contributed by atoms with van der Waals surface area (Å²) < 4.78 is 30.5. The molecule has 2 heterocycles. The number of hydrazine groups is 1. The summed E-state index contributed by atoms with van der Waals surface area (Å²) in [7, 11) is -4.02. The number of sulfonamides is 1. The van der Waals surface area contributed by atoms with Gasteiger partial charge < -0.3 is 15.0 Å². The second-order valence-electron chi connectivity index (χ2n) is 6.75. The molecule has 0 saturated carbocycles. The predicted molar refractivity (Wildman–Crippen MR) is 106 cm³/mol. The van der Waals surface area contributed by atoms with Crippen molar-refractivity contribution in [3.05, 3.63) is 53.1 Å². The number of nitrogens with one attached hydrogen (secondary N) is 2. The topological polar surface area (TPSA) is 114 Å². The Morgan fingerprint density at radius 1 is 1.18 bits per heavy atom. The lowest BCUT2D eigenvalue weighted by Crippen LogP contribution is -2.38. The number of morpholine rings is 1. The Bertz CT molecular complexity index is 1020. The van der Waals surface area contributed by atoms with Crippen LogP contribution >= 0.6 is 0 Å². The first kappa shape index (κ1) is 18.9. The Morgan fingerprint density at radius 3 is 2.71 bits per heavy atom. The summed E-state index contributed by atoms with van der Waals surface area (Å²) in [5, 5.41) is 3.25. The Balaban J connectivity index is 1.86. The van der Waals surface area contributed by atoms with Crippen LogP contribution in [-0.2, 0) is 21.2 Å². The van der Waals surface area contributed by atoms with Crippen molar-refractivity contribution in [3.8, 4) is 0 Å². The van der Waals surface area contributed by atoms with Crippen LogP contribution in [0.15, 0.2) is 41.3 Å². The van der Waals surface area contributed by atoms with Gasteiger partial charge in [-0.3, -0.25) is 10.6 Å². The number of rotatable bonds is 5. The zero-order valence-corrected chi connectivity index (χ0v) is 16.1. The van der Waals surface area contributed by atoms with Crippen LogP contribution in [0, 0.1) is 0 Å². The van der Waals surface area contributed by atoms with E-state index in [-0.39, 0.29) is 16.2 Å². The van der Waals surface area contributed by atoms with Crippen LogP contribution in [0.1, 0.15) is 21.5 Å². The van der Waals surface area contributed by atoms with Gasteiger partial charge in [0.2, 0.25) is 0 Å². The van der Waals surface area contributed by atoms with E-state index in [2.05, 4.69) is 5.32 Å². The molecule has 0 bridgehead atoms. The molecule has 148 valence electrons. The van der Waals surface area contributed by atoms with E-state index in [4.69, 9.17) is 10.6 Å². The van der Waals surface area contributed by atoms with E-state index in [1.807, 2.05) is 15.8 Å². The highest BCUT2D eigenvalue weighted by Crippen LogP contribution is 2.32. The highest BCUT2D eigenvalue weighted by atomic mass is 32.2. The van der Waals surface area contributed by atoms with Crippen molar-refractivity contribution in [2.24, 2.45) is 5.84 Å². The number of carbonyl (C=O) groups excluding carboxylic acids is 1. The van der Waals surface area contributed by atoms with Gasteiger partial charge in [0.05, 0.1) is 23.7 Å². The van der Waals surface area contributed by atoms with Crippen molar-refractivity contribution < 1.29 is 17.9 Å². The van der Waals surface area contributed by atoms with E-state index in [1.165, 1.54) is 6.07 Å². The number of ketones is 1. The van der Waals surface area contributed by atoms with E-state index >= 15 is 0 Å². The standard InChI is InChI=1S/C19H22N4O4S/c20-22-28(25,26)17-3-1-2-16(23-8-10-27-11-9-23)18(17)19(24)14-5-4-13-6-7-21-15(13)12-14/h1-5,12,21-22H,6-11,20H2. The Hall–Kier alpha value is -2.46. The van der Waals surface area contributed by atoms with Gasteiger partial charge in [0.1, 0.15) is 0 Å². The smallest absolute Gasteiger partial charge is 0.253 e. The van der Waals surface area contributed by atoms with Crippen molar-refractivity contribution in [1.82, 2.24) is 4.83 Å². The molecule has 0 aromatic heterocycles. The molecular weight excluding hydrogens is 380 g/mol. The number of nitrogens with two attached hydrogens (primary N) is 1. The number of nitrogens with zero attached hydrogens (tertiary/aromatic N) is 1. The molecule has 0 aliphatic carbocycles. The molecule has 9 heteroatoms. The van der Waals surface area contributed by atoms with Crippen molar-refractivity contribution >= 4 is 27.2 Å². The zero-order chi connectivity index (χ0) is 19.7. The first-order valence-electron chi connectivity index (χ1n) is 9.11. The number of hydrogen-bond donors (Lipinski definition) is 3. The molecule has 1 fully saturated rings. The molecule has 8 nitrogen and oxygen atoms in total. The minimum atomic E-state index is -4.02. The summed E-state index contributed by atoms with van der Waals surface area (Å²) in [5.41, 5.74) is 3.19. The zero-order valence-electron chi connectivity index (χ0n) is 15.3.